The molecule has 2 heterocycles. The van der Waals surface area contributed by atoms with Crippen molar-refractivity contribution >= 4 is 17.1 Å². The molecule has 2 aromatic heterocycles. The lowest BCUT2D eigenvalue weighted by Gasteiger charge is -2.38. The van der Waals surface area contributed by atoms with E-state index in [2.05, 4.69) is 19.9 Å². The Bertz CT molecular complexity index is 620. The average molecular weight is 235 g/mol. The van der Waals surface area contributed by atoms with Crippen LogP contribution in [0.3, 0.4) is 0 Å². The van der Waals surface area contributed by atoms with Gasteiger partial charge >= 0.3 is 0 Å². The average Bonchev–Trinajstić information content (AvgIpc) is 2.61. The van der Waals surface area contributed by atoms with E-state index in [0.29, 0.717) is 17.0 Å². The van der Waals surface area contributed by atoms with Crippen molar-refractivity contribution in [1.29, 1.82) is 0 Å². The summed E-state index contributed by atoms with van der Waals surface area (Å²) in [5.74, 6) is 0.678. The minimum Gasteiger partial charge on any atom is -0.395 e. The number of aromatic amines is 2. The first-order valence-corrected chi connectivity index (χ1v) is 5.51. The number of aliphatic hydroxyl groups excluding tert-OH is 1. The van der Waals surface area contributed by atoms with Crippen molar-refractivity contribution in [2.45, 2.75) is 24.7 Å². The lowest BCUT2D eigenvalue weighted by Crippen LogP contribution is -2.39. The summed E-state index contributed by atoms with van der Waals surface area (Å²) >= 11 is 0. The third-order valence-corrected chi connectivity index (χ3v) is 3.50. The molecule has 1 aliphatic rings. The molecular weight excluding hydrogens is 222 g/mol. The van der Waals surface area contributed by atoms with Gasteiger partial charge in [0.05, 0.1) is 12.0 Å². The molecule has 0 bridgehead atoms. The Morgan fingerprint density at radius 1 is 1.35 bits per heavy atom. The quantitative estimate of drug-likeness (QED) is 0.566. The fourth-order valence-electron chi connectivity index (χ4n) is 2.25. The van der Waals surface area contributed by atoms with Gasteiger partial charge < -0.3 is 15.8 Å². The Morgan fingerprint density at radius 2 is 2.12 bits per heavy atom. The molecule has 0 amide bonds. The maximum absolute atomic E-state index is 11.6. The standard InChI is InChI=1S/C10H13N5O2/c11-9-14-6-5(7(17)15-9)12-8(13-6)10(4-16)2-1-3-10/h16H,1-4H2,(H4,11,12,13,14,15,17). The Morgan fingerprint density at radius 3 is 2.71 bits per heavy atom. The normalized spacial score (nSPS) is 18.2. The van der Waals surface area contributed by atoms with E-state index in [1.165, 1.54) is 0 Å². The van der Waals surface area contributed by atoms with E-state index in [-0.39, 0.29) is 23.5 Å². The number of aromatic nitrogens is 4. The summed E-state index contributed by atoms with van der Waals surface area (Å²) in [5.41, 5.74) is 5.41. The summed E-state index contributed by atoms with van der Waals surface area (Å²) in [4.78, 5) is 25.2. The molecule has 0 unspecified atom stereocenters. The zero-order valence-electron chi connectivity index (χ0n) is 9.16. The predicted molar refractivity (Wildman–Crippen MR) is 61.5 cm³/mol. The highest BCUT2D eigenvalue weighted by molar-refractivity contribution is 5.70. The first-order valence-electron chi connectivity index (χ1n) is 5.51. The van der Waals surface area contributed by atoms with Crippen molar-refractivity contribution in [3.8, 4) is 0 Å². The van der Waals surface area contributed by atoms with Gasteiger partial charge in [-0.15, -0.1) is 0 Å². The second-order valence-electron chi connectivity index (χ2n) is 4.53. The highest BCUT2D eigenvalue weighted by Crippen LogP contribution is 2.42. The SMILES string of the molecule is Nc1nc2nc(C3(CO)CCC3)[nH]c2c(=O)[nH]1. The van der Waals surface area contributed by atoms with Crippen molar-refractivity contribution in [1.82, 2.24) is 19.9 Å². The van der Waals surface area contributed by atoms with Crippen LogP contribution in [-0.2, 0) is 5.41 Å². The third-order valence-electron chi connectivity index (χ3n) is 3.50. The second kappa shape index (κ2) is 3.30. The molecule has 0 saturated heterocycles. The summed E-state index contributed by atoms with van der Waals surface area (Å²) < 4.78 is 0. The van der Waals surface area contributed by atoms with E-state index in [1.54, 1.807) is 0 Å². The monoisotopic (exact) mass is 235 g/mol. The van der Waals surface area contributed by atoms with Gasteiger partial charge in [-0.1, -0.05) is 6.42 Å². The number of anilines is 1. The van der Waals surface area contributed by atoms with E-state index in [0.717, 1.165) is 19.3 Å². The van der Waals surface area contributed by atoms with Crippen LogP contribution in [0.15, 0.2) is 4.79 Å². The summed E-state index contributed by atoms with van der Waals surface area (Å²) in [5, 5.41) is 9.45. The first kappa shape index (κ1) is 10.3. The number of nitrogens with zero attached hydrogens (tertiary/aromatic N) is 2. The third kappa shape index (κ3) is 1.35. The van der Waals surface area contributed by atoms with E-state index >= 15 is 0 Å². The molecule has 17 heavy (non-hydrogen) atoms. The number of nitrogen functional groups attached to an aromatic ring is 1. The molecule has 0 aliphatic heterocycles. The molecule has 0 aromatic carbocycles. The van der Waals surface area contributed by atoms with Gasteiger partial charge in [0.15, 0.2) is 11.2 Å². The van der Waals surface area contributed by atoms with Gasteiger partial charge in [-0.05, 0) is 12.8 Å². The minimum absolute atomic E-state index is 0.0280. The van der Waals surface area contributed by atoms with Crippen molar-refractivity contribution in [3.05, 3.63) is 16.2 Å². The number of nitrogens with two attached hydrogens (primary N) is 1. The number of rotatable bonds is 2. The molecule has 0 atom stereocenters. The first-order chi connectivity index (χ1) is 8.14. The van der Waals surface area contributed by atoms with Gasteiger partial charge in [-0.3, -0.25) is 9.78 Å². The Labute approximate surface area is 96.1 Å². The topological polar surface area (TPSA) is 121 Å². The molecule has 0 spiro atoms. The summed E-state index contributed by atoms with van der Waals surface area (Å²) in [6, 6.07) is 0. The van der Waals surface area contributed by atoms with Gasteiger partial charge in [0.1, 0.15) is 5.82 Å². The maximum atomic E-state index is 11.6. The van der Waals surface area contributed by atoms with Gasteiger partial charge in [0.25, 0.3) is 5.56 Å². The van der Waals surface area contributed by atoms with Crippen LogP contribution in [0.5, 0.6) is 0 Å². The molecule has 1 saturated carbocycles. The van der Waals surface area contributed by atoms with Gasteiger partial charge in [0.2, 0.25) is 5.95 Å². The maximum Gasteiger partial charge on any atom is 0.278 e. The van der Waals surface area contributed by atoms with Crippen LogP contribution >= 0.6 is 0 Å². The van der Waals surface area contributed by atoms with Crippen LogP contribution < -0.4 is 11.3 Å². The highest BCUT2D eigenvalue weighted by atomic mass is 16.3. The Hall–Kier alpha value is -1.89. The smallest absolute Gasteiger partial charge is 0.278 e. The molecule has 90 valence electrons. The minimum atomic E-state index is -0.335. The lowest BCUT2D eigenvalue weighted by atomic mass is 9.69. The molecule has 2 aromatic rings. The molecule has 1 aliphatic carbocycles. The van der Waals surface area contributed by atoms with Crippen molar-refractivity contribution in [2.75, 3.05) is 12.3 Å². The Kier molecular flexibility index (Phi) is 1.99. The number of hydrogen-bond donors (Lipinski definition) is 4. The van der Waals surface area contributed by atoms with Crippen molar-refractivity contribution < 1.29 is 5.11 Å². The van der Waals surface area contributed by atoms with E-state index < -0.39 is 0 Å². The molecule has 7 nitrogen and oxygen atoms in total. The van der Waals surface area contributed by atoms with Crippen LogP contribution in [0.25, 0.3) is 11.2 Å². The van der Waals surface area contributed by atoms with Crippen LogP contribution in [0.2, 0.25) is 0 Å². The van der Waals surface area contributed by atoms with E-state index in [4.69, 9.17) is 5.73 Å². The van der Waals surface area contributed by atoms with Crippen LogP contribution in [-0.4, -0.2) is 31.6 Å². The number of nitrogens with one attached hydrogen (secondary N) is 2. The fourth-order valence-corrected chi connectivity index (χ4v) is 2.25. The van der Waals surface area contributed by atoms with Crippen LogP contribution in [0.1, 0.15) is 25.1 Å². The molecule has 5 N–H and O–H groups in total. The summed E-state index contributed by atoms with van der Waals surface area (Å²) in [7, 11) is 0. The number of imidazole rings is 1. The summed E-state index contributed by atoms with van der Waals surface area (Å²) in [6.45, 7) is 0.0280. The predicted octanol–water partition coefficient (Wildman–Crippen LogP) is -0.358. The van der Waals surface area contributed by atoms with Gasteiger partial charge in [0, 0.05) is 0 Å². The second-order valence-corrected chi connectivity index (χ2v) is 4.53. The molecule has 0 radical (unpaired) electrons. The summed E-state index contributed by atoms with van der Waals surface area (Å²) in [6.07, 6.45) is 2.80. The van der Waals surface area contributed by atoms with Gasteiger partial charge in [-0.25, -0.2) is 4.98 Å². The van der Waals surface area contributed by atoms with Crippen molar-refractivity contribution in [3.63, 3.8) is 0 Å². The number of H-pyrrole nitrogens is 2. The van der Waals surface area contributed by atoms with Crippen LogP contribution in [0.4, 0.5) is 5.95 Å². The van der Waals surface area contributed by atoms with E-state index in [1.807, 2.05) is 0 Å². The molecule has 3 rings (SSSR count). The molecule has 7 heteroatoms. The Balaban J connectivity index is 2.20. The zero-order valence-corrected chi connectivity index (χ0v) is 9.16. The lowest BCUT2D eigenvalue weighted by molar-refractivity contribution is 0.113. The highest BCUT2D eigenvalue weighted by Gasteiger charge is 2.41. The number of fused-ring (bicyclic) bond motifs is 1. The van der Waals surface area contributed by atoms with Gasteiger partial charge in [-0.2, -0.15) is 4.98 Å². The van der Waals surface area contributed by atoms with E-state index in [9.17, 15) is 9.90 Å². The zero-order chi connectivity index (χ0) is 12.0. The van der Waals surface area contributed by atoms with Crippen molar-refractivity contribution in [2.24, 2.45) is 0 Å². The molecular formula is C10H13N5O2. The number of aliphatic hydroxyl groups is 1. The fraction of sp³-hybridized carbons (Fsp3) is 0.500. The molecule has 1 fully saturated rings. The largest absolute Gasteiger partial charge is 0.395 e. The van der Waals surface area contributed by atoms with Crippen LogP contribution in [0, 0.1) is 0 Å². The number of hydrogen-bond acceptors (Lipinski definition) is 5.